The van der Waals surface area contributed by atoms with E-state index in [0.29, 0.717) is 36.1 Å². The average molecular weight is 353 g/mol. The van der Waals surface area contributed by atoms with Crippen molar-refractivity contribution in [1.82, 2.24) is 10.2 Å². The van der Waals surface area contributed by atoms with E-state index in [2.05, 4.69) is 11.9 Å². The lowest BCUT2D eigenvalue weighted by Crippen LogP contribution is -2.28. The Morgan fingerprint density at radius 1 is 1.46 bits per heavy atom. The number of ether oxygens (including phenoxy) is 2. The van der Waals surface area contributed by atoms with Gasteiger partial charge in [-0.25, -0.2) is 0 Å². The molecule has 2 rings (SSSR count). The lowest BCUT2D eigenvalue weighted by molar-refractivity contribution is -0.127. The predicted octanol–water partition coefficient (Wildman–Crippen LogP) is 3.02. The largest absolute Gasteiger partial charge is 0.493 e. The van der Waals surface area contributed by atoms with Gasteiger partial charge < -0.3 is 19.7 Å². The van der Waals surface area contributed by atoms with Gasteiger partial charge in [0.25, 0.3) is 0 Å². The Morgan fingerprint density at radius 3 is 2.96 bits per heavy atom. The van der Waals surface area contributed by atoms with Crippen molar-refractivity contribution in [3.63, 3.8) is 0 Å². The van der Waals surface area contributed by atoms with E-state index in [1.807, 2.05) is 17.0 Å². The Kier molecular flexibility index (Phi) is 7.40. The predicted molar refractivity (Wildman–Crippen MR) is 95.8 cm³/mol. The molecule has 0 aromatic heterocycles. The topological polar surface area (TPSA) is 50.8 Å². The van der Waals surface area contributed by atoms with Gasteiger partial charge in [-0.3, -0.25) is 4.79 Å². The highest BCUT2D eigenvalue weighted by Crippen LogP contribution is 2.36. The minimum Gasteiger partial charge on any atom is -0.493 e. The van der Waals surface area contributed by atoms with Crippen LogP contribution in [0.1, 0.15) is 24.8 Å². The van der Waals surface area contributed by atoms with Gasteiger partial charge in [-0.15, -0.1) is 0 Å². The van der Waals surface area contributed by atoms with Crippen molar-refractivity contribution in [3.8, 4) is 11.5 Å². The molecule has 0 radical (unpaired) electrons. The number of rotatable bonds is 10. The maximum absolute atomic E-state index is 11.5. The first-order chi connectivity index (χ1) is 11.7. The van der Waals surface area contributed by atoms with Gasteiger partial charge in [-0.2, -0.15) is 0 Å². The maximum Gasteiger partial charge on any atom is 0.222 e. The molecule has 132 valence electrons. The van der Waals surface area contributed by atoms with Gasteiger partial charge in [0.2, 0.25) is 5.91 Å². The van der Waals surface area contributed by atoms with Crippen LogP contribution in [0.4, 0.5) is 0 Å². The molecule has 0 spiro atoms. The van der Waals surface area contributed by atoms with Gasteiger partial charge in [0.05, 0.1) is 12.1 Å². The van der Waals surface area contributed by atoms with Crippen molar-refractivity contribution in [2.75, 3.05) is 33.4 Å². The molecule has 1 N–H and O–H groups in total. The van der Waals surface area contributed by atoms with E-state index in [1.54, 1.807) is 13.2 Å². The smallest absolute Gasteiger partial charge is 0.222 e. The number of nitrogens with one attached hydrogen (secondary N) is 1. The zero-order valence-electron chi connectivity index (χ0n) is 14.1. The van der Waals surface area contributed by atoms with Crippen molar-refractivity contribution >= 4 is 17.5 Å². The second-order valence-corrected chi connectivity index (χ2v) is 6.13. The van der Waals surface area contributed by atoms with Crippen LogP contribution < -0.4 is 14.8 Å². The van der Waals surface area contributed by atoms with E-state index >= 15 is 0 Å². The van der Waals surface area contributed by atoms with Crippen LogP contribution in [0.5, 0.6) is 11.5 Å². The van der Waals surface area contributed by atoms with Crippen LogP contribution in [-0.2, 0) is 11.3 Å². The number of methoxy groups -OCH3 is 1. The van der Waals surface area contributed by atoms with Crippen LogP contribution in [0.3, 0.4) is 0 Å². The summed E-state index contributed by atoms with van der Waals surface area (Å²) in [6, 6.07) is 3.79. The summed E-state index contributed by atoms with van der Waals surface area (Å²) < 4.78 is 10.9. The van der Waals surface area contributed by atoms with Crippen LogP contribution in [0.15, 0.2) is 24.8 Å². The lowest BCUT2D eigenvalue weighted by Gasteiger charge is -2.16. The fraction of sp³-hybridized carbons (Fsp3) is 0.500. The van der Waals surface area contributed by atoms with Crippen molar-refractivity contribution in [3.05, 3.63) is 35.4 Å². The van der Waals surface area contributed by atoms with Gasteiger partial charge in [0, 0.05) is 26.1 Å². The minimum absolute atomic E-state index is 0.279. The lowest BCUT2D eigenvalue weighted by atomic mass is 10.2. The number of nitrogens with zero attached hydrogens (tertiary/aromatic N) is 1. The van der Waals surface area contributed by atoms with Gasteiger partial charge >= 0.3 is 0 Å². The summed E-state index contributed by atoms with van der Waals surface area (Å²) in [6.45, 7) is 7.26. The second kappa shape index (κ2) is 9.55. The highest BCUT2D eigenvalue weighted by Gasteiger charge is 2.18. The SMILES string of the molecule is C=CCOc1c(Cl)cc(CNCCCN2CCCC2=O)cc1OC. The minimum atomic E-state index is 0.279. The summed E-state index contributed by atoms with van der Waals surface area (Å²) in [7, 11) is 1.59. The van der Waals surface area contributed by atoms with Crippen molar-refractivity contribution in [2.45, 2.75) is 25.8 Å². The third-order valence-electron chi connectivity index (χ3n) is 3.92. The fourth-order valence-electron chi connectivity index (χ4n) is 2.73. The first-order valence-electron chi connectivity index (χ1n) is 8.24. The van der Waals surface area contributed by atoms with E-state index < -0.39 is 0 Å². The first-order valence-corrected chi connectivity index (χ1v) is 8.62. The Morgan fingerprint density at radius 2 is 2.29 bits per heavy atom. The molecule has 5 nitrogen and oxygen atoms in total. The summed E-state index contributed by atoms with van der Waals surface area (Å²) in [6.07, 6.45) is 4.30. The van der Waals surface area contributed by atoms with E-state index in [4.69, 9.17) is 21.1 Å². The van der Waals surface area contributed by atoms with Crippen LogP contribution >= 0.6 is 11.6 Å². The van der Waals surface area contributed by atoms with Gasteiger partial charge in [-0.05, 0) is 37.1 Å². The Labute approximate surface area is 148 Å². The Bertz CT molecular complexity index is 578. The number of likely N-dealkylation sites (tertiary alicyclic amines) is 1. The molecule has 1 amide bonds. The first kappa shape index (κ1) is 18.6. The standard InChI is InChI=1S/C18H25ClN2O3/c1-3-10-24-18-15(19)11-14(12-16(18)23-2)13-20-7-5-9-21-8-4-6-17(21)22/h3,11-12,20H,1,4-10,13H2,2H3. The number of hydrogen-bond acceptors (Lipinski definition) is 4. The van der Waals surface area contributed by atoms with Crippen LogP contribution in [0.25, 0.3) is 0 Å². The number of amides is 1. The molecule has 0 saturated carbocycles. The molecular formula is C18H25ClN2O3. The molecule has 1 aliphatic heterocycles. The van der Waals surface area contributed by atoms with Gasteiger partial charge in [0.15, 0.2) is 11.5 Å². The summed E-state index contributed by atoms with van der Waals surface area (Å²) in [5.74, 6) is 1.43. The summed E-state index contributed by atoms with van der Waals surface area (Å²) >= 11 is 6.28. The van der Waals surface area contributed by atoms with E-state index in [1.165, 1.54) is 0 Å². The molecule has 1 heterocycles. The second-order valence-electron chi connectivity index (χ2n) is 5.72. The van der Waals surface area contributed by atoms with Crippen molar-refractivity contribution in [2.24, 2.45) is 0 Å². The molecule has 1 aliphatic rings. The summed E-state index contributed by atoms with van der Waals surface area (Å²) in [5.41, 5.74) is 1.03. The normalized spacial score (nSPS) is 14.1. The number of hydrogen-bond donors (Lipinski definition) is 1. The van der Waals surface area contributed by atoms with Gasteiger partial charge in [0.1, 0.15) is 6.61 Å². The Hall–Kier alpha value is -1.72. The molecule has 0 bridgehead atoms. The van der Waals surface area contributed by atoms with E-state index in [0.717, 1.165) is 38.0 Å². The molecule has 6 heteroatoms. The van der Waals surface area contributed by atoms with Crippen molar-refractivity contribution in [1.29, 1.82) is 0 Å². The third kappa shape index (κ3) is 5.14. The highest BCUT2D eigenvalue weighted by molar-refractivity contribution is 6.32. The fourth-order valence-corrected chi connectivity index (χ4v) is 3.01. The molecule has 24 heavy (non-hydrogen) atoms. The quantitative estimate of drug-likeness (QED) is 0.519. The molecule has 1 saturated heterocycles. The number of halogens is 1. The zero-order chi connectivity index (χ0) is 17.4. The molecule has 0 atom stereocenters. The zero-order valence-corrected chi connectivity index (χ0v) is 14.9. The molecule has 1 aromatic carbocycles. The highest BCUT2D eigenvalue weighted by atomic mass is 35.5. The van der Waals surface area contributed by atoms with E-state index in [-0.39, 0.29) is 5.91 Å². The van der Waals surface area contributed by atoms with Crippen LogP contribution in [0, 0.1) is 0 Å². The van der Waals surface area contributed by atoms with Crippen molar-refractivity contribution < 1.29 is 14.3 Å². The van der Waals surface area contributed by atoms with E-state index in [9.17, 15) is 4.79 Å². The number of carbonyl (C=O) groups is 1. The summed E-state index contributed by atoms with van der Waals surface area (Å²) in [5, 5.41) is 3.90. The Balaban J connectivity index is 1.80. The molecule has 0 unspecified atom stereocenters. The molecule has 1 aromatic rings. The van der Waals surface area contributed by atoms with Crippen LogP contribution in [0.2, 0.25) is 5.02 Å². The number of benzene rings is 1. The maximum atomic E-state index is 11.5. The molecular weight excluding hydrogens is 328 g/mol. The average Bonchev–Trinajstić information content (AvgIpc) is 2.98. The summed E-state index contributed by atoms with van der Waals surface area (Å²) in [4.78, 5) is 13.5. The monoisotopic (exact) mass is 352 g/mol. The third-order valence-corrected chi connectivity index (χ3v) is 4.20. The van der Waals surface area contributed by atoms with Gasteiger partial charge in [-0.1, -0.05) is 24.3 Å². The number of carbonyl (C=O) groups excluding carboxylic acids is 1. The van der Waals surface area contributed by atoms with Crippen LogP contribution in [-0.4, -0.2) is 44.2 Å². The molecule has 1 fully saturated rings. The molecule has 0 aliphatic carbocycles.